The van der Waals surface area contributed by atoms with Gasteiger partial charge in [-0.15, -0.1) is 0 Å². The molecule has 2 rings (SSSR count). The number of pyridine rings is 1. The van der Waals surface area contributed by atoms with E-state index in [9.17, 15) is 4.79 Å². The summed E-state index contributed by atoms with van der Waals surface area (Å²) in [6.45, 7) is 1.77. The predicted molar refractivity (Wildman–Crippen MR) is 60.5 cm³/mol. The van der Waals surface area contributed by atoms with Crippen LogP contribution in [-0.4, -0.2) is 21.1 Å². The Hall–Kier alpha value is -1.88. The van der Waals surface area contributed by atoms with Crippen LogP contribution >= 0.6 is 11.6 Å². The SMILES string of the molecule is Cc1[nH]ncc1C(=O)Nc1cccc(Cl)n1. The first kappa shape index (κ1) is 10.6. The molecule has 2 aromatic heterocycles. The Morgan fingerprint density at radius 1 is 1.50 bits per heavy atom. The maximum absolute atomic E-state index is 11.8. The van der Waals surface area contributed by atoms with Crippen LogP contribution in [0.15, 0.2) is 24.4 Å². The number of hydrogen-bond acceptors (Lipinski definition) is 3. The molecule has 0 aliphatic heterocycles. The molecule has 1 amide bonds. The summed E-state index contributed by atoms with van der Waals surface area (Å²) >= 11 is 5.70. The lowest BCUT2D eigenvalue weighted by Crippen LogP contribution is -2.13. The Balaban J connectivity index is 2.17. The van der Waals surface area contributed by atoms with Gasteiger partial charge in [0.05, 0.1) is 11.8 Å². The highest BCUT2D eigenvalue weighted by atomic mass is 35.5. The Morgan fingerprint density at radius 2 is 2.31 bits per heavy atom. The summed E-state index contributed by atoms with van der Waals surface area (Å²) in [7, 11) is 0. The van der Waals surface area contributed by atoms with Gasteiger partial charge in [0.15, 0.2) is 0 Å². The van der Waals surface area contributed by atoms with Crippen molar-refractivity contribution < 1.29 is 4.79 Å². The number of H-pyrrole nitrogens is 1. The van der Waals surface area contributed by atoms with E-state index in [0.717, 1.165) is 0 Å². The molecule has 2 aromatic rings. The number of amides is 1. The molecule has 0 aliphatic rings. The number of halogens is 1. The van der Waals surface area contributed by atoms with E-state index in [4.69, 9.17) is 11.6 Å². The topological polar surface area (TPSA) is 70.7 Å². The molecule has 0 spiro atoms. The maximum Gasteiger partial charge on any atom is 0.260 e. The minimum absolute atomic E-state index is 0.263. The van der Waals surface area contributed by atoms with Gasteiger partial charge in [0.25, 0.3) is 5.91 Å². The van der Waals surface area contributed by atoms with Crippen LogP contribution in [0.2, 0.25) is 5.15 Å². The standard InChI is InChI=1S/C10H9ClN4O/c1-6-7(5-12-15-6)10(16)14-9-4-2-3-8(11)13-9/h2-5H,1H3,(H,12,15)(H,13,14,16). The van der Waals surface area contributed by atoms with E-state index >= 15 is 0 Å². The van der Waals surface area contributed by atoms with Crippen molar-refractivity contribution in [2.75, 3.05) is 5.32 Å². The molecule has 2 N–H and O–H groups in total. The van der Waals surface area contributed by atoms with E-state index in [1.165, 1.54) is 6.20 Å². The first-order valence-corrected chi connectivity index (χ1v) is 4.98. The number of nitrogens with zero attached hydrogens (tertiary/aromatic N) is 2. The molecule has 6 heteroatoms. The number of carbonyl (C=O) groups is 1. The molecule has 0 saturated carbocycles. The third kappa shape index (κ3) is 2.20. The molecule has 16 heavy (non-hydrogen) atoms. The van der Waals surface area contributed by atoms with E-state index in [0.29, 0.717) is 22.2 Å². The second kappa shape index (κ2) is 4.32. The van der Waals surface area contributed by atoms with Crippen molar-refractivity contribution in [2.24, 2.45) is 0 Å². The highest BCUT2D eigenvalue weighted by Crippen LogP contribution is 2.11. The van der Waals surface area contributed by atoms with Gasteiger partial charge in [-0.3, -0.25) is 9.89 Å². The summed E-state index contributed by atoms with van der Waals surface area (Å²) < 4.78 is 0. The van der Waals surface area contributed by atoms with Crippen molar-refractivity contribution in [3.05, 3.63) is 40.8 Å². The number of nitrogens with one attached hydrogen (secondary N) is 2. The fourth-order valence-electron chi connectivity index (χ4n) is 1.24. The van der Waals surface area contributed by atoms with E-state index in [2.05, 4.69) is 20.5 Å². The molecule has 2 heterocycles. The lowest BCUT2D eigenvalue weighted by atomic mass is 10.2. The molecular weight excluding hydrogens is 228 g/mol. The number of aromatic nitrogens is 3. The lowest BCUT2D eigenvalue weighted by molar-refractivity contribution is 0.102. The number of carbonyl (C=O) groups excluding carboxylic acids is 1. The summed E-state index contributed by atoms with van der Waals surface area (Å²) in [5.74, 6) is 0.152. The molecular formula is C10H9ClN4O. The largest absolute Gasteiger partial charge is 0.306 e. The van der Waals surface area contributed by atoms with Gasteiger partial charge < -0.3 is 5.32 Å². The van der Waals surface area contributed by atoms with Crippen LogP contribution in [0.1, 0.15) is 16.1 Å². The van der Waals surface area contributed by atoms with Crippen LogP contribution in [0, 0.1) is 6.92 Å². The van der Waals surface area contributed by atoms with Gasteiger partial charge in [-0.25, -0.2) is 4.98 Å². The second-order valence-corrected chi connectivity index (χ2v) is 3.60. The van der Waals surface area contributed by atoms with Gasteiger partial charge in [0.2, 0.25) is 0 Å². The van der Waals surface area contributed by atoms with Gasteiger partial charge in [-0.1, -0.05) is 17.7 Å². The smallest absolute Gasteiger partial charge is 0.260 e. The predicted octanol–water partition coefficient (Wildman–Crippen LogP) is 2.02. The fraction of sp³-hybridized carbons (Fsp3) is 0.100. The number of aromatic amines is 1. The quantitative estimate of drug-likeness (QED) is 0.784. The minimum Gasteiger partial charge on any atom is -0.306 e. The van der Waals surface area contributed by atoms with Gasteiger partial charge in [-0.2, -0.15) is 5.10 Å². The van der Waals surface area contributed by atoms with Crippen LogP contribution in [0.5, 0.6) is 0 Å². The molecule has 0 fully saturated rings. The average Bonchev–Trinajstić information content (AvgIpc) is 2.64. The maximum atomic E-state index is 11.8. The van der Waals surface area contributed by atoms with E-state index in [-0.39, 0.29) is 5.91 Å². The molecule has 5 nitrogen and oxygen atoms in total. The highest BCUT2D eigenvalue weighted by Gasteiger charge is 2.11. The average molecular weight is 237 g/mol. The van der Waals surface area contributed by atoms with E-state index < -0.39 is 0 Å². The zero-order valence-corrected chi connectivity index (χ0v) is 9.25. The van der Waals surface area contributed by atoms with Crippen LogP contribution in [-0.2, 0) is 0 Å². The molecule has 0 atom stereocenters. The zero-order chi connectivity index (χ0) is 11.5. The molecule has 0 bridgehead atoms. The Morgan fingerprint density at radius 3 is 2.94 bits per heavy atom. The van der Waals surface area contributed by atoms with Crippen molar-refractivity contribution in [2.45, 2.75) is 6.92 Å². The Labute approximate surface area is 96.8 Å². The first-order chi connectivity index (χ1) is 7.66. The van der Waals surface area contributed by atoms with Crippen molar-refractivity contribution in [1.29, 1.82) is 0 Å². The zero-order valence-electron chi connectivity index (χ0n) is 8.49. The van der Waals surface area contributed by atoms with Crippen LogP contribution in [0.4, 0.5) is 5.82 Å². The van der Waals surface area contributed by atoms with Crippen LogP contribution < -0.4 is 5.32 Å². The summed E-state index contributed by atoms with van der Waals surface area (Å²) in [6, 6.07) is 5.02. The normalized spacial score (nSPS) is 10.1. The number of rotatable bonds is 2. The molecule has 0 aliphatic carbocycles. The van der Waals surface area contributed by atoms with Crippen molar-refractivity contribution in [1.82, 2.24) is 15.2 Å². The molecule has 82 valence electrons. The number of anilines is 1. The summed E-state index contributed by atoms with van der Waals surface area (Å²) in [5.41, 5.74) is 1.20. The third-order valence-electron chi connectivity index (χ3n) is 2.03. The van der Waals surface area contributed by atoms with E-state index in [1.807, 2.05) is 0 Å². The van der Waals surface area contributed by atoms with Gasteiger partial charge in [0, 0.05) is 5.69 Å². The number of aryl methyl sites for hydroxylation is 1. The van der Waals surface area contributed by atoms with Crippen molar-refractivity contribution in [3.63, 3.8) is 0 Å². The first-order valence-electron chi connectivity index (χ1n) is 4.60. The van der Waals surface area contributed by atoms with E-state index in [1.54, 1.807) is 25.1 Å². The summed E-state index contributed by atoms with van der Waals surface area (Å²) in [6.07, 6.45) is 1.47. The second-order valence-electron chi connectivity index (χ2n) is 3.21. The number of hydrogen-bond donors (Lipinski definition) is 2. The Kier molecular flexibility index (Phi) is 2.87. The lowest BCUT2D eigenvalue weighted by Gasteiger charge is -2.03. The van der Waals surface area contributed by atoms with Gasteiger partial charge in [-0.05, 0) is 19.1 Å². The molecule has 0 saturated heterocycles. The highest BCUT2D eigenvalue weighted by molar-refractivity contribution is 6.29. The minimum atomic E-state index is -0.263. The molecule has 0 unspecified atom stereocenters. The monoisotopic (exact) mass is 236 g/mol. The van der Waals surface area contributed by atoms with Crippen LogP contribution in [0.25, 0.3) is 0 Å². The third-order valence-corrected chi connectivity index (χ3v) is 2.24. The molecule has 0 aromatic carbocycles. The Bertz CT molecular complexity index is 523. The molecule has 0 radical (unpaired) electrons. The van der Waals surface area contributed by atoms with Crippen LogP contribution in [0.3, 0.4) is 0 Å². The summed E-state index contributed by atoms with van der Waals surface area (Å²) in [4.78, 5) is 15.7. The van der Waals surface area contributed by atoms with Gasteiger partial charge >= 0.3 is 0 Å². The summed E-state index contributed by atoms with van der Waals surface area (Å²) in [5, 5.41) is 9.43. The fourth-order valence-corrected chi connectivity index (χ4v) is 1.40. The van der Waals surface area contributed by atoms with Crippen molar-refractivity contribution >= 4 is 23.3 Å². The van der Waals surface area contributed by atoms with Gasteiger partial charge in [0.1, 0.15) is 11.0 Å². The van der Waals surface area contributed by atoms with Crippen molar-refractivity contribution in [3.8, 4) is 0 Å².